The molecule has 1 aliphatic carbocycles. The second kappa shape index (κ2) is 17.5. The Balaban J connectivity index is 1.62. The number of halogens is 6. The second-order valence-corrected chi connectivity index (χ2v) is 13.0. The van der Waals surface area contributed by atoms with Crippen molar-refractivity contribution in [1.82, 2.24) is 14.9 Å². The van der Waals surface area contributed by atoms with Gasteiger partial charge in [-0.05, 0) is 75.1 Å². The van der Waals surface area contributed by atoms with E-state index in [0.29, 0.717) is 63.5 Å². The summed E-state index contributed by atoms with van der Waals surface area (Å²) in [5.74, 6) is -0.802. The van der Waals surface area contributed by atoms with E-state index in [1.54, 1.807) is 9.80 Å². The third-order valence-corrected chi connectivity index (χ3v) is 9.47. The molecule has 52 heavy (non-hydrogen) atoms. The lowest BCUT2D eigenvalue weighted by molar-refractivity contribution is -0.147. The van der Waals surface area contributed by atoms with Crippen LogP contribution in [0, 0.1) is 5.92 Å². The number of carbonyl (C=O) groups is 3. The van der Waals surface area contributed by atoms with E-state index in [0.717, 1.165) is 0 Å². The largest absolute Gasteiger partial charge is 0.487 e. The molecule has 1 aliphatic heterocycles. The van der Waals surface area contributed by atoms with Gasteiger partial charge in [0.25, 0.3) is 0 Å². The summed E-state index contributed by atoms with van der Waals surface area (Å²) in [5, 5.41) is 0. The molecule has 1 aromatic heterocycles. The number of piperidine rings is 1. The number of likely N-dealkylation sites (tertiary alicyclic amines) is 1. The van der Waals surface area contributed by atoms with Crippen LogP contribution in [0.2, 0.25) is 0 Å². The van der Waals surface area contributed by atoms with E-state index < -0.39 is 48.1 Å². The molecule has 4 rings (SSSR count). The van der Waals surface area contributed by atoms with Gasteiger partial charge in [0.2, 0.25) is 5.95 Å². The highest BCUT2D eigenvalue weighted by molar-refractivity contribution is 5.72. The molecule has 0 bridgehead atoms. The molecule has 1 aromatic carbocycles. The van der Waals surface area contributed by atoms with Crippen LogP contribution in [0.5, 0.6) is 5.75 Å². The minimum absolute atomic E-state index is 0.00586. The summed E-state index contributed by atoms with van der Waals surface area (Å²) in [6.45, 7) is 4.57. The minimum atomic E-state index is -5.03. The average molecular weight is 747 g/mol. The fourth-order valence-corrected chi connectivity index (χ4v) is 6.86. The predicted molar refractivity (Wildman–Crippen MR) is 174 cm³/mol. The quantitative estimate of drug-likeness (QED) is 0.0944. The van der Waals surface area contributed by atoms with E-state index in [1.165, 1.54) is 26.4 Å². The lowest BCUT2D eigenvalue weighted by Crippen LogP contribution is -2.57. The summed E-state index contributed by atoms with van der Waals surface area (Å²) < 4.78 is 104. The number of ether oxygens (including phenoxy) is 4. The molecule has 0 radical (unpaired) electrons. The van der Waals surface area contributed by atoms with Gasteiger partial charge in [-0.25, -0.2) is 14.8 Å². The highest BCUT2D eigenvalue weighted by Gasteiger charge is 2.42. The standard InChI is InChI=1S/C35H44F6N4O7/c1-5-26-16-28(17-27(6-2)45(26)33(48)52-29-9-7-23(8-10-29)31(47)49-4)44(32-42-18-30(19-43-32)51-12-11-50-21(3)46)20-22-13-24(34(36,37)38)15-25(14-22)35(39,40)41/h13-15,18-19,23,26-29H,5-12,16-17,20H2,1-4H3/t23-,26-,27+,28+,29-. The van der Waals surface area contributed by atoms with Crippen molar-refractivity contribution in [2.75, 3.05) is 25.2 Å². The third kappa shape index (κ3) is 10.6. The maximum atomic E-state index is 13.8. The summed E-state index contributed by atoms with van der Waals surface area (Å²) in [4.78, 5) is 48.6. The highest BCUT2D eigenvalue weighted by atomic mass is 19.4. The number of anilines is 1. The van der Waals surface area contributed by atoms with Crippen molar-refractivity contribution in [3.63, 3.8) is 0 Å². The van der Waals surface area contributed by atoms with Gasteiger partial charge in [-0.3, -0.25) is 9.59 Å². The predicted octanol–water partition coefficient (Wildman–Crippen LogP) is 7.35. The highest BCUT2D eigenvalue weighted by Crippen LogP contribution is 2.39. The molecule has 1 saturated heterocycles. The van der Waals surface area contributed by atoms with E-state index in [4.69, 9.17) is 18.9 Å². The molecule has 2 aromatic rings. The molecule has 1 saturated carbocycles. The molecule has 0 spiro atoms. The van der Waals surface area contributed by atoms with Crippen molar-refractivity contribution >= 4 is 24.0 Å². The van der Waals surface area contributed by atoms with Gasteiger partial charge in [0.15, 0.2) is 5.75 Å². The SMILES string of the molecule is CC[C@@H]1C[C@H](N(Cc2cc(C(F)(F)F)cc(C(F)(F)F)c2)c2ncc(OCCOC(C)=O)cn2)C[C@H](CC)N1C(=O)O[C@H]1CC[C@H](C(=O)OC)CC1. The van der Waals surface area contributed by atoms with Crippen LogP contribution >= 0.6 is 0 Å². The summed E-state index contributed by atoms with van der Waals surface area (Å²) in [6.07, 6.45) is -4.71. The summed E-state index contributed by atoms with van der Waals surface area (Å²) in [5.41, 5.74) is -3.13. The zero-order chi connectivity index (χ0) is 38.2. The first kappa shape index (κ1) is 40.5. The van der Waals surface area contributed by atoms with Crippen molar-refractivity contribution < 1.29 is 59.7 Å². The number of aromatic nitrogens is 2. The van der Waals surface area contributed by atoms with Gasteiger partial charge >= 0.3 is 30.4 Å². The smallest absolute Gasteiger partial charge is 0.416 e. The van der Waals surface area contributed by atoms with E-state index in [-0.39, 0.29) is 66.6 Å². The molecule has 17 heteroatoms. The first-order valence-corrected chi connectivity index (χ1v) is 17.2. The molecular weight excluding hydrogens is 702 g/mol. The number of esters is 2. The van der Waals surface area contributed by atoms with Crippen LogP contribution < -0.4 is 9.64 Å². The number of nitrogens with zero attached hydrogens (tertiary/aromatic N) is 4. The Hall–Kier alpha value is -4.31. The van der Waals surface area contributed by atoms with Crippen LogP contribution in [0.25, 0.3) is 0 Å². The normalized spacial score (nSPS) is 22.3. The summed E-state index contributed by atoms with van der Waals surface area (Å²) in [6, 6.07) is 0.171. The number of alkyl halides is 6. The molecule has 2 aliphatic rings. The molecule has 288 valence electrons. The zero-order valence-corrected chi connectivity index (χ0v) is 29.5. The molecular formula is C35H44F6N4O7. The Morgan fingerprint density at radius 1 is 0.865 bits per heavy atom. The van der Waals surface area contributed by atoms with Crippen molar-refractivity contribution in [3.8, 4) is 5.75 Å². The number of hydrogen-bond donors (Lipinski definition) is 0. The second-order valence-electron chi connectivity index (χ2n) is 13.0. The van der Waals surface area contributed by atoms with Crippen molar-refractivity contribution in [2.24, 2.45) is 5.92 Å². The molecule has 1 amide bonds. The van der Waals surface area contributed by atoms with Gasteiger partial charge in [-0.2, -0.15) is 26.3 Å². The van der Waals surface area contributed by atoms with Gasteiger partial charge in [-0.1, -0.05) is 13.8 Å². The van der Waals surface area contributed by atoms with Crippen LogP contribution in [0.4, 0.5) is 37.1 Å². The number of methoxy groups -OCH3 is 1. The van der Waals surface area contributed by atoms with Gasteiger partial charge in [0, 0.05) is 31.6 Å². The lowest BCUT2D eigenvalue weighted by atomic mass is 9.87. The van der Waals surface area contributed by atoms with Gasteiger partial charge < -0.3 is 28.7 Å². The Bertz CT molecular complexity index is 1470. The number of amides is 1. The van der Waals surface area contributed by atoms with Gasteiger partial charge in [-0.15, -0.1) is 0 Å². The summed E-state index contributed by atoms with van der Waals surface area (Å²) >= 11 is 0. The zero-order valence-electron chi connectivity index (χ0n) is 29.5. The molecule has 0 N–H and O–H groups in total. The van der Waals surface area contributed by atoms with Crippen LogP contribution in [0.3, 0.4) is 0 Å². The Morgan fingerprint density at radius 3 is 1.90 bits per heavy atom. The fraction of sp³-hybridized carbons (Fsp3) is 0.629. The Labute approximate surface area is 297 Å². The van der Waals surface area contributed by atoms with Crippen LogP contribution in [-0.2, 0) is 42.7 Å². The van der Waals surface area contributed by atoms with E-state index in [2.05, 4.69) is 9.97 Å². The minimum Gasteiger partial charge on any atom is -0.487 e. The van der Waals surface area contributed by atoms with Crippen LogP contribution in [0.1, 0.15) is 88.8 Å². The molecule has 2 fully saturated rings. The van der Waals surface area contributed by atoms with Crippen molar-refractivity contribution in [2.45, 2.75) is 115 Å². The van der Waals surface area contributed by atoms with Crippen LogP contribution in [0.15, 0.2) is 30.6 Å². The Kier molecular flexibility index (Phi) is 13.6. The average Bonchev–Trinajstić information content (AvgIpc) is 3.11. The van der Waals surface area contributed by atoms with E-state index in [9.17, 15) is 40.7 Å². The number of rotatable bonds is 12. The monoisotopic (exact) mass is 746 g/mol. The maximum Gasteiger partial charge on any atom is 0.416 e. The van der Waals surface area contributed by atoms with Gasteiger partial charge in [0.1, 0.15) is 19.3 Å². The first-order chi connectivity index (χ1) is 24.5. The van der Waals surface area contributed by atoms with E-state index in [1.807, 2.05) is 13.8 Å². The number of benzene rings is 1. The topological polar surface area (TPSA) is 120 Å². The number of carbonyl (C=O) groups excluding carboxylic acids is 3. The third-order valence-electron chi connectivity index (χ3n) is 9.47. The van der Waals surface area contributed by atoms with Crippen LogP contribution in [-0.4, -0.2) is 77.5 Å². The first-order valence-electron chi connectivity index (χ1n) is 17.2. The fourth-order valence-electron chi connectivity index (χ4n) is 6.86. The molecule has 11 nitrogen and oxygen atoms in total. The lowest BCUT2D eigenvalue weighted by Gasteiger charge is -2.47. The molecule has 2 heterocycles. The molecule has 3 atom stereocenters. The van der Waals surface area contributed by atoms with Gasteiger partial charge in [0.05, 0.1) is 36.5 Å². The summed E-state index contributed by atoms with van der Waals surface area (Å²) in [7, 11) is 1.33. The van der Waals surface area contributed by atoms with Crippen molar-refractivity contribution in [3.05, 3.63) is 47.3 Å². The van der Waals surface area contributed by atoms with Crippen molar-refractivity contribution in [1.29, 1.82) is 0 Å². The Morgan fingerprint density at radius 2 is 1.42 bits per heavy atom. The van der Waals surface area contributed by atoms with E-state index >= 15 is 0 Å². The maximum absolute atomic E-state index is 13.8. The molecule has 0 unspecified atom stereocenters. The number of hydrogen-bond acceptors (Lipinski definition) is 10.